The fourth-order valence-corrected chi connectivity index (χ4v) is 4.75. The average molecular weight is 453 g/mol. The van der Waals surface area contributed by atoms with Crippen LogP contribution in [0.3, 0.4) is 0 Å². The van der Waals surface area contributed by atoms with E-state index in [1.54, 1.807) is 6.20 Å². The lowest BCUT2D eigenvalue weighted by Crippen LogP contribution is -2.51. The number of fused-ring (bicyclic) bond motifs is 1. The second-order valence-electron chi connectivity index (χ2n) is 9.12. The summed E-state index contributed by atoms with van der Waals surface area (Å²) < 4.78 is 14.4. The van der Waals surface area contributed by atoms with Crippen molar-refractivity contribution < 1.29 is 14.3 Å². The fourth-order valence-electron chi connectivity index (χ4n) is 4.75. The second kappa shape index (κ2) is 8.72. The number of aliphatic hydroxyl groups excluding tert-OH is 1. The molecule has 1 amide bonds. The van der Waals surface area contributed by atoms with Crippen molar-refractivity contribution in [3.8, 4) is 0 Å². The average Bonchev–Trinajstić information content (AvgIpc) is 3.63. The Morgan fingerprint density at radius 1 is 1.27 bits per heavy atom. The number of nitrogens with one attached hydrogen (secondary N) is 2. The Balaban J connectivity index is 1.24. The highest BCUT2D eigenvalue weighted by molar-refractivity contribution is 5.92. The van der Waals surface area contributed by atoms with Crippen molar-refractivity contribution in [3.63, 3.8) is 0 Å². The molecule has 1 unspecified atom stereocenters. The monoisotopic (exact) mass is 452 g/mol. The summed E-state index contributed by atoms with van der Waals surface area (Å²) in [5, 5.41) is 16.0. The van der Waals surface area contributed by atoms with Gasteiger partial charge in [0.05, 0.1) is 23.3 Å². The van der Waals surface area contributed by atoms with E-state index in [0.29, 0.717) is 11.6 Å². The van der Waals surface area contributed by atoms with Crippen molar-refractivity contribution in [3.05, 3.63) is 52.9 Å². The van der Waals surface area contributed by atoms with Crippen LogP contribution in [-0.2, 0) is 6.54 Å². The van der Waals surface area contributed by atoms with Gasteiger partial charge < -0.3 is 20.6 Å². The van der Waals surface area contributed by atoms with Gasteiger partial charge in [-0.25, -0.2) is 9.37 Å². The molecule has 1 saturated carbocycles. The number of hydrogen-bond donors (Lipinski definition) is 3. The van der Waals surface area contributed by atoms with Crippen LogP contribution in [0.4, 0.5) is 15.8 Å². The van der Waals surface area contributed by atoms with Crippen molar-refractivity contribution >= 4 is 23.4 Å². The Morgan fingerprint density at radius 2 is 2.09 bits per heavy atom. The quantitative estimate of drug-likeness (QED) is 0.641. The largest absolute Gasteiger partial charge is 0.370 e. The summed E-state index contributed by atoms with van der Waals surface area (Å²) in [6, 6.07) is 3.61. The molecule has 8 nitrogen and oxygen atoms in total. The van der Waals surface area contributed by atoms with E-state index in [4.69, 9.17) is 0 Å². The van der Waals surface area contributed by atoms with Crippen LogP contribution in [0.15, 0.2) is 30.1 Å². The molecule has 0 bridgehead atoms. The number of anilines is 2. The highest BCUT2D eigenvalue weighted by atomic mass is 19.1. The zero-order valence-corrected chi connectivity index (χ0v) is 18.9. The van der Waals surface area contributed by atoms with E-state index in [0.717, 1.165) is 61.5 Å². The van der Waals surface area contributed by atoms with Crippen LogP contribution in [0, 0.1) is 11.7 Å². The summed E-state index contributed by atoms with van der Waals surface area (Å²) in [5.74, 6) is -0.657. The van der Waals surface area contributed by atoms with Gasteiger partial charge in [-0.2, -0.15) is 0 Å². The molecule has 0 aromatic carbocycles. The molecule has 3 aliphatic rings. The molecule has 3 N–H and O–H groups in total. The molecule has 174 valence electrons. The lowest BCUT2D eigenvalue weighted by Gasteiger charge is -2.41. The molecule has 1 aliphatic carbocycles. The third-order valence-corrected chi connectivity index (χ3v) is 6.65. The predicted molar refractivity (Wildman–Crippen MR) is 124 cm³/mol. The van der Waals surface area contributed by atoms with Gasteiger partial charge in [-0.05, 0) is 49.0 Å². The van der Waals surface area contributed by atoms with Crippen molar-refractivity contribution in [2.45, 2.75) is 38.6 Å². The number of pyridine rings is 2. The number of halogens is 1. The van der Waals surface area contributed by atoms with Crippen molar-refractivity contribution in [2.75, 3.05) is 36.9 Å². The van der Waals surface area contributed by atoms with Gasteiger partial charge in [0.2, 0.25) is 0 Å². The molecule has 33 heavy (non-hydrogen) atoms. The number of hydrogen-bond acceptors (Lipinski definition) is 7. The standard InChI is InChI=1S/C24H29FN6O2/c1-14-12-30(5-6-31(14)17-8-19(25)22(28-11-17)24(33)26-2)13-15-7-21-20(27-10-15)9-18(16-3-4-16)23(32)29-21/h7-11,14,16,23,29,32H,3-6,12-13H2,1-2H3,(H,26,33)/t14-,23?/m1/s1. The Hall–Kier alpha value is -3.04. The van der Waals surface area contributed by atoms with Gasteiger partial charge in [-0.1, -0.05) is 0 Å². The molecule has 0 radical (unpaired) electrons. The maximum absolute atomic E-state index is 14.4. The van der Waals surface area contributed by atoms with E-state index >= 15 is 0 Å². The van der Waals surface area contributed by atoms with Crippen molar-refractivity contribution in [1.29, 1.82) is 0 Å². The first-order chi connectivity index (χ1) is 15.9. The Labute approximate surface area is 192 Å². The first kappa shape index (κ1) is 21.8. The molecule has 0 spiro atoms. The van der Waals surface area contributed by atoms with E-state index in [-0.39, 0.29) is 11.7 Å². The summed E-state index contributed by atoms with van der Waals surface area (Å²) in [7, 11) is 1.46. The number of carbonyl (C=O) groups excluding carboxylic acids is 1. The SMILES string of the molecule is CNC(=O)c1ncc(N2CCN(Cc3cnc4c(c3)NC(O)C(C3CC3)=C4)C[C@H]2C)cc1F. The first-order valence-electron chi connectivity index (χ1n) is 11.4. The van der Waals surface area contributed by atoms with Crippen LogP contribution in [0.2, 0.25) is 0 Å². The van der Waals surface area contributed by atoms with Crippen molar-refractivity contribution in [2.24, 2.45) is 5.92 Å². The van der Waals surface area contributed by atoms with Crippen LogP contribution in [0.25, 0.3) is 6.08 Å². The molecular formula is C24H29FN6O2. The van der Waals surface area contributed by atoms with E-state index in [1.165, 1.54) is 13.1 Å². The molecule has 2 aliphatic heterocycles. The Kier molecular flexibility index (Phi) is 5.76. The van der Waals surface area contributed by atoms with Gasteiger partial charge in [0.15, 0.2) is 11.5 Å². The van der Waals surface area contributed by atoms with Gasteiger partial charge >= 0.3 is 0 Å². The number of amides is 1. The number of aliphatic hydroxyl groups is 1. The number of nitrogens with zero attached hydrogens (tertiary/aromatic N) is 4. The smallest absolute Gasteiger partial charge is 0.272 e. The molecule has 4 heterocycles. The van der Waals surface area contributed by atoms with E-state index in [2.05, 4.69) is 43.4 Å². The molecular weight excluding hydrogens is 423 g/mol. The second-order valence-corrected chi connectivity index (χ2v) is 9.12. The van der Waals surface area contributed by atoms with E-state index in [9.17, 15) is 14.3 Å². The lowest BCUT2D eigenvalue weighted by atomic mass is 10.0. The Morgan fingerprint density at radius 3 is 2.79 bits per heavy atom. The van der Waals surface area contributed by atoms with Crippen LogP contribution >= 0.6 is 0 Å². The zero-order chi connectivity index (χ0) is 23.1. The maximum Gasteiger partial charge on any atom is 0.272 e. The van der Waals surface area contributed by atoms with Gasteiger partial charge in [-0.3, -0.25) is 14.7 Å². The summed E-state index contributed by atoms with van der Waals surface area (Å²) >= 11 is 0. The van der Waals surface area contributed by atoms with Gasteiger partial charge in [0.1, 0.15) is 6.23 Å². The number of carbonyl (C=O) groups is 1. The topological polar surface area (TPSA) is 93.6 Å². The zero-order valence-electron chi connectivity index (χ0n) is 18.9. The summed E-state index contributed by atoms with van der Waals surface area (Å²) in [6.45, 7) is 5.19. The minimum absolute atomic E-state index is 0.153. The predicted octanol–water partition coefficient (Wildman–Crippen LogP) is 2.22. The van der Waals surface area contributed by atoms with E-state index < -0.39 is 18.0 Å². The highest BCUT2D eigenvalue weighted by Gasteiger charge is 2.33. The fraction of sp³-hybridized carbons (Fsp3) is 0.458. The molecule has 2 aromatic heterocycles. The molecule has 2 atom stereocenters. The van der Waals surface area contributed by atoms with Crippen molar-refractivity contribution in [1.82, 2.24) is 20.2 Å². The van der Waals surface area contributed by atoms with Crippen LogP contribution in [0.1, 0.15) is 41.5 Å². The molecule has 9 heteroatoms. The van der Waals surface area contributed by atoms with E-state index in [1.807, 2.05) is 12.3 Å². The van der Waals surface area contributed by atoms with Crippen LogP contribution in [0.5, 0.6) is 0 Å². The lowest BCUT2D eigenvalue weighted by molar-refractivity contribution is 0.0953. The summed E-state index contributed by atoms with van der Waals surface area (Å²) in [5.41, 5.74) is 4.37. The summed E-state index contributed by atoms with van der Waals surface area (Å²) in [4.78, 5) is 24.8. The van der Waals surface area contributed by atoms with Gasteiger partial charge in [0.25, 0.3) is 5.91 Å². The number of rotatable bonds is 5. The number of aromatic nitrogens is 2. The molecule has 2 fully saturated rings. The first-order valence-corrected chi connectivity index (χ1v) is 11.4. The van der Waals surface area contributed by atoms with Crippen LogP contribution < -0.4 is 15.5 Å². The van der Waals surface area contributed by atoms with Crippen LogP contribution in [-0.4, -0.2) is 64.8 Å². The third kappa shape index (κ3) is 4.43. The molecule has 1 saturated heterocycles. The number of piperazine rings is 1. The minimum Gasteiger partial charge on any atom is -0.370 e. The molecule has 5 rings (SSSR count). The van der Waals surface area contributed by atoms with Gasteiger partial charge in [0, 0.05) is 51.5 Å². The summed E-state index contributed by atoms with van der Waals surface area (Å²) in [6.07, 6.45) is 7.16. The van der Waals surface area contributed by atoms with Gasteiger partial charge in [-0.15, -0.1) is 0 Å². The maximum atomic E-state index is 14.4. The third-order valence-electron chi connectivity index (χ3n) is 6.65. The molecule has 2 aromatic rings. The Bertz CT molecular complexity index is 1100. The highest BCUT2D eigenvalue weighted by Crippen LogP contribution is 2.41. The minimum atomic E-state index is -0.630. The normalized spacial score (nSPS) is 22.9.